The predicted molar refractivity (Wildman–Crippen MR) is 96.6 cm³/mol. The third-order valence-electron chi connectivity index (χ3n) is 4.34. The van der Waals surface area contributed by atoms with Crippen LogP contribution >= 0.6 is 0 Å². The van der Waals surface area contributed by atoms with Crippen molar-refractivity contribution in [3.63, 3.8) is 0 Å². The van der Waals surface area contributed by atoms with Gasteiger partial charge in [-0.15, -0.1) is 0 Å². The van der Waals surface area contributed by atoms with E-state index < -0.39 is 6.10 Å². The first-order valence-electron chi connectivity index (χ1n) is 8.51. The summed E-state index contributed by atoms with van der Waals surface area (Å²) >= 11 is 0. The zero-order valence-electron chi connectivity index (χ0n) is 14.1. The van der Waals surface area contributed by atoms with E-state index >= 15 is 0 Å². The van der Waals surface area contributed by atoms with E-state index in [4.69, 9.17) is 9.47 Å². The summed E-state index contributed by atoms with van der Waals surface area (Å²) in [6.45, 7) is 1.69. The SMILES string of the molecule is O=C1CN(c2ccccc2NC(=O)C2COc3ccccc3O2)CCN1. The lowest BCUT2D eigenvalue weighted by Gasteiger charge is -2.31. The summed E-state index contributed by atoms with van der Waals surface area (Å²) < 4.78 is 11.4. The fourth-order valence-electron chi connectivity index (χ4n) is 3.06. The number of ether oxygens (including phenoxy) is 2. The van der Waals surface area contributed by atoms with E-state index in [2.05, 4.69) is 10.6 Å². The Morgan fingerprint density at radius 1 is 1.12 bits per heavy atom. The molecule has 0 aliphatic carbocycles. The molecule has 1 unspecified atom stereocenters. The molecule has 7 nitrogen and oxygen atoms in total. The molecule has 4 rings (SSSR count). The Balaban J connectivity index is 1.49. The van der Waals surface area contributed by atoms with Crippen LogP contribution in [0.1, 0.15) is 0 Å². The molecule has 1 saturated heterocycles. The zero-order valence-corrected chi connectivity index (χ0v) is 14.1. The molecule has 7 heteroatoms. The lowest BCUT2D eigenvalue weighted by Crippen LogP contribution is -2.48. The highest BCUT2D eigenvalue weighted by atomic mass is 16.6. The molecule has 2 N–H and O–H groups in total. The van der Waals surface area contributed by atoms with Gasteiger partial charge in [0.1, 0.15) is 6.61 Å². The lowest BCUT2D eigenvalue weighted by molar-refractivity contribution is -0.125. The van der Waals surface area contributed by atoms with Crippen LogP contribution < -0.4 is 25.0 Å². The summed E-state index contributed by atoms with van der Waals surface area (Å²) in [6.07, 6.45) is -0.734. The van der Waals surface area contributed by atoms with E-state index in [0.717, 1.165) is 5.69 Å². The van der Waals surface area contributed by atoms with Crippen LogP contribution in [0, 0.1) is 0 Å². The summed E-state index contributed by atoms with van der Waals surface area (Å²) in [5, 5.41) is 5.70. The number of piperazine rings is 1. The lowest BCUT2D eigenvalue weighted by atomic mass is 10.2. The molecule has 0 bridgehead atoms. The molecule has 134 valence electrons. The summed E-state index contributed by atoms with van der Waals surface area (Å²) in [6, 6.07) is 14.7. The monoisotopic (exact) mass is 353 g/mol. The molecular weight excluding hydrogens is 334 g/mol. The largest absolute Gasteiger partial charge is 0.485 e. The van der Waals surface area contributed by atoms with E-state index in [-0.39, 0.29) is 25.0 Å². The number of benzene rings is 2. The number of amides is 2. The number of hydrogen-bond donors (Lipinski definition) is 2. The first kappa shape index (κ1) is 16.3. The average Bonchev–Trinajstić information content (AvgIpc) is 2.68. The van der Waals surface area contributed by atoms with Crippen LogP contribution in [0.5, 0.6) is 11.5 Å². The van der Waals surface area contributed by atoms with Crippen molar-refractivity contribution in [2.75, 3.05) is 36.5 Å². The Labute approximate surface area is 150 Å². The number of nitrogens with one attached hydrogen (secondary N) is 2. The van der Waals surface area contributed by atoms with Gasteiger partial charge in [0, 0.05) is 13.1 Å². The first-order chi connectivity index (χ1) is 12.7. The van der Waals surface area contributed by atoms with E-state index in [9.17, 15) is 9.59 Å². The van der Waals surface area contributed by atoms with Gasteiger partial charge in [0.25, 0.3) is 5.91 Å². The van der Waals surface area contributed by atoms with Gasteiger partial charge in [0.15, 0.2) is 11.5 Å². The molecule has 1 fully saturated rings. The minimum atomic E-state index is -0.734. The van der Waals surface area contributed by atoms with Gasteiger partial charge >= 0.3 is 0 Å². The Kier molecular flexibility index (Phi) is 4.35. The smallest absolute Gasteiger partial charge is 0.269 e. The van der Waals surface area contributed by atoms with Crippen molar-refractivity contribution in [3.8, 4) is 11.5 Å². The van der Waals surface area contributed by atoms with Gasteiger partial charge in [-0.05, 0) is 24.3 Å². The van der Waals surface area contributed by atoms with Gasteiger partial charge in [0.05, 0.1) is 17.9 Å². The van der Waals surface area contributed by atoms with Gasteiger partial charge in [-0.25, -0.2) is 0 Å². The molecule has 0 radical (unpaired) electrons. The van der Waals surface area contributed by atoms with Gasteiger partial charge in [0.2, 0.25) is 12.0 Å². The van der Waals surface area contributed by atoms with E-state index in [0.29, 0.717) is 30.3 Å². The third kappa shape index (κ3) is 3.28. The summed E-state index contributed by atoms with van der Waals surface area (Å²) in [4.78, 5) is 26.3. The van der Waals surface area contributed by atoms with Crippen LogP contribution in [0.2, 0.25) is 0 Å². The molecule has 0 saturated carbocycles. The predicted octanol–water partition coefficient (Wildman–Crippen LogP) is 1.40. The van der Waals surface area contributed by atoms with Gasteiger partial charge in [-0.1, -0.05) is 24.3 Å². The molecule has 2 amide bonds. The van der Waals surface area contributed by atoms with Crippen molar-refractivity contribution in [1.82, 2.24) is 5.32 Å². The number of carbonyl (C=O) groups is 2. The van der Waals surface area contributed by atoms with Crippen molar-refractivity contribution in [1.29, 1.82) is 0 Å². The minimum absolute atomic E-state index is 0.0296. The first-order valence-corrected chi connectivity index (χ1v) is 8.51. The minimum Gasteiger partial charge on any atom is -0.485 e. The molecule has 2 heterocycles. The van der Waals surface area contributed by atoms with Crippen molar-refractivity contribution in [2.24, 2.45) is 0 Å². The molecule has 1 atom stereocenters. The van der Waals surface area contributed by atoms with Crippen LogP contribution in [0.25, 0.3) is 0 Å². The van der Waals surface area contributed by atoms with E-state index in [1.54, 1.807) is 12.1 Å². The second-order valence-corrected chi connectivity index (χ2v) is 6.14. The number of nitrogens with zero attached hydrogens (tertiary/aromatic N) is 1. The van der Waals surface area contributed by atoms with Gasteiger partial charge in [-0.3, -0.25) is 9.59 Å². The number of para-hydroxylation sites is 4. The highest BCUT2D eigenvalue weighted by Crippen LogP contribution is 2.32. The zero-order chi connectivity index (χ0) is 17.9. The van der Waals surface area contributed by atoms with Crippen molar-refractivity contribution >= 4 is 23.2 Å². The fourth-order valence-corrected chi connectivity index (χ4v) is 3.06. The summed E-state index contributed by atoms with van der Waals surface area (Å²) in [7, 11) is 0. The standard InChI is InChI=1S/C19H19N3O4/c23-18-11-22(10-9-20-18)14-6-2-1-5-13(14)21-19(24)17-12-25-15-7-3-4-8-16(15)26-17/h1-8,17H,9-12H2,(H,20,23)(H,21,24). The number of carbonyl (C=O) groups excluding carboxylic acids is 2. The van der Waals surface area contributed by atoms with Gasteiger partial charge in [-0.2, -0.15) is 0 Å². The maximum absolute atomic E-state index is 12.7. The van der Waals surface area contributed by atoms with Crippen LogP contribution in [-0.2, 0) is 9.59 Å². The number of fused-ring (bicyclic) bond motifs is 1. The average molecular weight is 353 g/mol. The summed E-state index contributed by atoms with van der Waals surface area (Å²) in [5.41, 5.74) is 1.46. The van der Waals surface area contributed by atoms with E-state index in [1.807, 2.05) is 41.3 Å². The second-order valence-electron chi connectivity index (χ2n) is 6.14. The maximum atomic E-state index is 12.7. The van der Waals surface area contributed by atoms with Crippen LogP contribution in [0.15, 0.2) is 48.5 Å². The molecule has 0 spiro atoms. The molecule has 2 aliphatic rings. The van der Waals surface area contributed by atoms with Crippen molar-refractivity contribution in [2.45, 2.75) is 6.10 Å². The highest BCUT2D eigenvalue weighted by molar-refractivity contribution is 5.98. The molecule has 26 heavy (non-hydrogen) atoms. The topological polar surface area (TPSA) is 79.9 Å². The molecule has 2 aliphatic heterocycles. The normalized spacial score (nSPS) is 18.8. The Hall–Kier alpha value is -3.22. The third-order valence-corrected chi connectivity index (χ3v) is 4.34. The molecular formula is C19H19N3O4. The Morgan fingerprint density at radius 2 is 1.88 bits per heavy atom. The number of rotatable bonds is 3. The number of hydrogen-bond acceptors (Lipinski definition) is 5. The maximum Gasteiger partial charge on any atom is 0.269 e. The molecule has 2 aromatic carbocycles. The highest BCUT2D eigenvalue weighted by Gasteiger charge is 2.28. The van der Waals surface area contributed by atoms with Crippen LogP contribution in [0.4, 0.5) is 11.4 Å². The Morgan fingerprint density at radius 3 is 2.73 bits per heavy atom. The molecule has 0 aromatic heterocycles. The fraction of sp³-hybridized carbons (Fsp3) is 0.263. The second kappa shape index (κ2) is 6.95. The number of anilines is 2. The van der Waals surface area contributed by atoms with Gasteiger partial charge < -0.3 is 25.0 Å². The summed E-state index contributed by atoms with van der Waals surface area (Å²) in [5.74, 6) is 0.877. The quantitative estimate of drug-likeness (QED) is 0.872. The Bertz CT molecular complexity index is 839. The van der Waals surface area contributed by atoms with Crippen molar-refractivity contribution < 1.29 is 19.1 Å². The van der Waals surface area contributed by atoms with E-state index in [1.165, 1.54) is 0 Å². The van der Waals surface area contributed by atoms with Crippen LogP contribution in [0.3, 0.4) is 0 Å². The van der Waals surface area contributed by atoms with Crippen LogP contribution in [-0.4, -0.2) is 44.2 Å². The molecule has 2 aromatic rings. The van der Waals surface area contributed by atoms with Crippen molar-refractivity contribution in [3.05, 3.63) is 48.5 Å².